The molecule has 1 heterocycles. The quantitative estimate of drug-likeness (QED) is 0.0169. The Morgan fingerprint density at radius 3 is 1.57 bits per heavy atom. The molecule has 0 aliphatic carbocycles. The maximum absolute atomic E-state index is 14.8. The summed E-state index contributed by atoms with van der Waals surface area (Å²) in [4.78, 5) is 167. The number of aromatic hydroxyl groups is 1. The van der Waals surface area contributed by atoms with Gasteiger partial charge in [0.2, 0.25) is 65.0 Å². The molecule has 1 aliphatic heterocycles. The number of unbranched alkanes of at least 4 members (excludes halogenated alkanes) is 1. The average Bonchev–Trinajstić information content (AvgIpc) is 1.51. The van der Waals surface area contributed by atoms with E-state index in [0.717, 1.165) is 0 Å². The molecule has 11 atom stereocenters. The van der Waals surface area contributed by atoms with E-state index in [9.17, 15) is 57.8 Å². The number of hydrogen-bond donors (Lipinski definition) is 19. The Bertz CT molecular complexity index is 3030. The number of likely N-dealkylation sites (tertiary alicyclic amines) is 1. The van der Waals surface area contributed by atoms with E-state index in [4.69, 9.17) is 51.6 Å². The number of nitrogens with two attached hydrogens (primary N) is 9. The van der Waals surface area contributed by atoms with Crippen LogP contribution >= 0.6 is 0 Å². The van der Waals surface area contributed by atoms with Gasteiger partial charge >= 0.3 is 0 Å². The summed E-state index contributed by atoms with van der Waals surface area (Å²) in [5.41, 5.74) is 52.3. The lowest BCUT2D eigenvalue weighted by atomic mass is 9.96. The van der Waals surface area contributed by atoms with Gasteiger partial charge < -0.3 is 109 Å². The van der Waals surface area contributed by atoms with Crippen molar-refractivity contribution in [3.8, 4) is 5.75 Å². The Morgan fingerprint density at radius 1 is 0.541 bits per heavy atom. The van der Waals surface area contributed by atoms with Crippen molar-refractivity contribution in [3.05, 3.63) is 65.7 Å². The molecular formula is C64H106N22O12. The number of carbonyl (C=O) groups is 11. The molecule has 2 aromatic carbocycles. The number of nitrogens with one attached hydrogen (secondary N) is 9. The molecule has 11 amide bonds. The first kappa shape index (κ1) is 82.4. The molecule has 34 nitrogen and oxygen atoms in total. The van der Waals surface area contributed by atoms with Crippen LogP contribution in [0.15, 0.2) is 69.6 Å². The second kappa shape index (κ2) is 43.3. The summed E-state index contributed by atoms with van der Waals surface area (Å²) in [5.74, 6) is -9.85. The van der Waals surface area contributed by atoms with Crippen LogP contribution in [0.3, 0.4) is 0 Å². The van der Waals surface area contributed by atoms with Gasteiger partial charge in [-0.15, -0.1) is 0 Å². The van der Waals surface area contributed by atoms with Gasteiger partial charge in [-0.25, -0.2) is 0 Å². The number of phenolic OH excluding ortho intramolecular Hbond substituents is 1. The van der Waals surface area contributed by atoms with Gasteiger partial charge in [0.25, 0.3) is 0 Å². The number of aliphatic imine (C=N–C) groups is 3. The molecule has 0 spiro atoms. The van der Waals surface area contributed by atoms with Crippen LogP contribution in [-0.4, -0.2) is 193 Å². The highest BCUT2D eigenvalue weighted by atomic mass is 16.3. The third-order valence-electron chi connectivity index (χ3n) is 16.1. The number of phenols is 1. The van der Waals surface area contributed by atoms with E-state index in [1.165, 1.54) is 24.0 Å². The maximum atomic E-state index is 14.8. The van der Waals surface area contributed by atoms with Crippen molar-refractivity contribution < 1.29 is 57.8 Å². The molecule has 0 bridgehead atoms. The lowest BCUT2D eigenvalue weighted by Gasteiger charge is -2.32. The van der Waals surface area contributed by atoms with E-state index < -0.39 is 138 Å². The molecule has 0 radical (unpaired) electrons. The molecule has 1 aliphatic rings. The smallest absolute Gasteiger partial charge is 0.245 e. The van der Waals surface area contributed by atoms with Crippen molar-refractivity contribution in [2.24, 2.45) is 78.4 Å². The number of carbonyl (C=O) groups excluding carboxylic acids is 11. The minimum absolute atomic E-state index is 0.00215. The number of hydrogen-bond acceptors (Lipinski definition) is 17. The van der Waals surface area contributed by atoms with Gasteiger partial charge in [0.15, 0.2) is 17.9 Å². The predicted molar refractivity (Wildman–Crippen MR) is 370 cm³/mol. The number of nitrogens with zero attached hydrogens (tertiary/aromatic N) is 4. The number of guanidine groups is 3. The minimum atomic E-state index is -1.44. The maximum Gasteiger partial charge on any atom is 0.245 e. The van der Waals surface area contributed by atoms with Crippen molar-refractivity contribution in [1.82, 2.24) is 52.8 Å². The molecule has 98 heavy (non-hydrogen) atoms. The first-order valence-corrected chi connectivity index (χ1v) is 33.2. The molecule has 28 N–H and O–H groups in total. The van der Waals surface area contributed by atoms with Crippen molar-refractivity contribution in [2.45, 2.75) is 191 Å². The second-order valence-electron chi connectivity index (χ2n) is 24.8. The van der Waals surface area contributed by atoms with Gasteiger partial charge in [0, 0.05) is 32.6 Å². The zero-order chi connectivity index (χ0) is 73.0. The highest BCUT2D eigenvalue weighted by Crippen LogP contribution is 2.22. The van der Waals surface area contributed by atoms with E-state index in [2.05, 4.69) is 62.8 Å². The minimum Gasteiger partial charge on any atom is -0.508 e. The Labute approximate surface area is 571 Å². The SMILES string of the molecule is CC[C@H](C)[C@H](NC(=O)[C@H](CCCN=C(N)N)NC(=O)[C@H](CCCN=C(N)N)NC(=O)[C@H](CC(C)C)NC(=O)[C@H](Cc1ccccc1)NC(=O)CNC(=O)[C@H](C)NC(=O)[C@@H](N)Cc1ccc(O)cc1)C(=O)N[C@@H](CCCN=C(N)N)C(=O)N1CCC[C@H]1C(=O)N[C@@H](CCCCN)C(N)=O. The van der Waals surface area contributed by atoms with E-state index in [1.54, 1.807) is 70.2 Å². The number of rotatable bonds is 44. The van der Waals surface area contributed by atoms with Gasteiger partial charge in [-0.05, 0) is 132 Å². The summed E-state index contributed by atoms with van der Waals surface area (Å²) < 4.78 is 0. The highest BCUT2D eigenvalue weighted by molar-refractivity contribution is 5.99. The Morgan fingerprint density at radius 2 is 1.04 bits per heavy atom. The molecule has 0 aromatic heterocycles. The normalized spacial score (nSPS) is 15.6. The largest absolute Gasteiger partial charge is 0.508 e. The van der Waals surface area contributed by atoms with E-state index in [0.29, 0.717) is 43.4 Å². The summed E-state index contributed by atoms with van der Waals surface area (Å²) in [5, 5.41) is 33.7. The van der Waals surface area contributed by atoms with Crippen molar-refractivity contribution in [2.75, 3.05) is 39.3 Å². The lowest BCUT2D eigenvalue weighted by molar-refractivity contribution is -0.142. The molecule has 544 valence electrons. The number of amides is 11. The topological polar surface area (TPSA) is 591 Å². The third kappa shape index (κ3) is 30.5. The first-order chi connectivity index (χ1) is 46.4. The van der Waals surface area contributed by atoms with Crippen LogP contribution in [-0.2, 0) is 65.6 Å². The molecule has 1 fully saturated rings. The molecule has 34 heteroatoms. The van der Waals surface area contributed by atoms with Crippen molar-refractivity contribution >= 4 is 82.9 Å². The number of primary amides is 1. The van der Waals surface area contributed by atoms with Gasteiger partial charge in [-0.2, -0.15) is 0 Å². The van der Waals surface area contributed by atoms with Crippen LogP contribution < -0.4 is 99.5 Å². The van der Waals surface area contributed by atoms with Crippen LogP contribution in [0.5, 0.6) is 5.75 Å². The summed E-state index contributed by atoms with van der Waals surface area (Å²) in [6, 6.07) is 2.32. The van der Waals surface area contributed by atoms with Gasteiger partial charge in [-0.1, -0.05) is 76.6 Å². The Balaban J connectivity index is 1.93. The Kier molecular flexibility index (Phi) is 36.4. The summed E-state index contributed by atoms with van der Waals surface area (Å²) in [7, 11) is 0. The van der Waals surface area contributed by atoms with Gasteiger partial charge in [0.05, 0.1) is 12.6 Å². The molecule has 0 unspecified atom stereocenters. The molecule has 2 aromatic rings. The lowest BCUT2D eigenvalue weighted by Crippen LogP contribution is -2.61. The number of benzene rings is 2. The summed E-state index contributed by atoms with van der Waals surface area (Å²) in [6.07, 6.45) is 2.50. The van der Waals surface area contributed by atoms with Gasteiger partial charge in [-0.3, -0.25) is 67.7 Å². The van der Waals surface area contributed by atoms with Crippen LogP contribution in [0.2, 0.25) is 0 Å². The van der Waals surface area contributed by atoms with Crippen LogP contribution in [0.4, 0.5) is 0 Å². The highest BCUT2D eigenvalue weighted by Gasteiger charge is 2.41. The first-order valence-electron chi connectivity index (χ1n) is 33.2. The fraction of sp³-hybridized carbons (Fsp3) is 0.594. The predicted octanol–water partition coefficient (Wildman–Crippen LogP) is -4.62. The van der Waals surface area contributed by atoms with Crippen molar-refractivity contribution in [3.63, 3.8) is 0 Å². The third-order valence-corrected chi connectivity index (χ3v) is 16.1. The molecule has 1 saturated heterocycles. The zero-order valence-corrected chi connectivity index (χ0v) is 56.9. The summed E-state index contributed by atoms with van der Waals surface area (Å²) >= 11 is 0. The summed E-state index contributed by atoms with van der Waals surface area (Å²) in [6.45, 7) is 8.37. The van der Waals surface area contributed by atoms with Crippen molar-refractivity contribution in [1.29, 1.82) is 0 Å². The van der Waals surface area contributed by atoms with Crippen LogP contribution in [0, 0.1) is 11.8 Å². The standard InChI is InChI=1S/C64H106N22O12/c1-6-37(4)51(60(97)83-46(21-14-30-76-64(72)73)61(98)86-31-15-22-49(86)59(96)80-43(52(67)89)18-10-11-27-65)85-56(93)45(20-13-29-75-63(70)71)81-55(92)44(19-12-28-74-62(68)69)82-57(94)47(32-36(2)3)84-58(95)48(34-39-16-8-7-9-17-39)79-50(88)35-77-53(90)38(5)78-54(91)42(66)33-40-23-25-41(87)26-24-40/h7-9,16-17,23-26,36-38,42-49,51,87H,6,10-15,18-22,27-35,65-66H2,1-5H3,(H2,67,89)(H,77,90)(H,78,91)(H,79,88)(H,80,96)(H,81,92)(H,82,94)(H,83,97)(H,84,95)(H,85,93)(H4,68,69,74)(H4,70,71,75)(H4,72,73,76)/t37-,38-,42-,43-,44-,45-,46-,47-,48-,49-,51-/m0/s1. The average molecular weight is 1380 g/mol. The monoisotopic (exact) mass is 1370 g/mol. The van der Waals surface area contributed by atoms with E-state index >= 15 is 0 Å². The molecular weight excluding hydrogens is 1270 g/mol. The van der Waals surface area contributed by atoms with Gasteiger partial charge in [0.1, 0.15) is 60.1 Å². The second-order valence-corrected chi connectivity index (χ2v) is 24.8. The molecule has 0 saturated carbocycles. The fourth-order valence-corrected chi connectivity index (χ4v) is 10.6. The van der Waals surface area contributed by atoms with Crippen LogP contribution in [0.25, 0.3) is 0 Å². The van der Waals surface area contributed by atoms with E-state index in [1.807, 2.05) is 0 Å². The Hall–Kier alpha value is -9.86. The zero-order valence-electron chi connectivity index (χ0n) is 56.9. The fourth-order valence-electron chi connectivity index (χ4n) is 10.6. The molecule has 3 rings (SSSR count). The van der Waals surface area contributed by atoms with Crippen LogP contribution in [0.1, 0.15) is 129 Å². The van der Waals surface area contributed by atoms with E-state index in [-0.39, 0.29) is 126 Å².